The molecule has 0 saturated heterocycles. The van der Waals surface area contributed by atoms with E-state index >= 15 is 0 Å². The van der Waals surface area contributed by atoms with Gasteiger partial charge in [0.15, 0.2) is 12.4 Å². The van der Waals surface area contributed by atoms with E-state index < -0.39 is 0 Å². The normalized spacial score (nSPS) is 10.2. The van der Waals surface area contributed by atoms with E-state index in [2.05, 4.69) is 12.2 Å². The van der Waals surface area contributed by atoms with Crippen LogP contribution in [0, 0.1) is 6.92 Å². The summed E-state index contributed by atoms with van der Waals surface area (Å²) in [5.41, 5.74) is 3.22. The van der Waals surface area contributed by atoms with Crippen molar-refractivity contribution < 1.29 is 9.36 Å². The van der Waals surface area contributed by atoms with Crippen LogP contribution in [0.15, 0.2) is 48.8 Å². The first-order valence-corrected chi connectivity index (χ1v) is 6.52. The van der Waals surface area contributed by atoms with Crippen molar-refractivity contribution in [3.8, 4) is 0 Å². The van der Waals surface area contributed by atoms with Crippen molar-refractivity contribution in [2.24, 2.45) is 0 Å². The molecule has 1 aromatic heterocycles. The fraction of sp³-hybridized carbons (Fsp3) is 0.250. The number of carbonyl (C=O) groups excluding carboxylic acids is 1. The van der Waals surface area contributed by atoms with Gasteiger partial charge in [0.25, 0.3) is 5.91 Å². The molecule has 0 spiro atoms. The zero-order valence-corrected chi connectivity index (χ0v) is 11.4. The Kier molecular flexibility index (Phi) is 4.29. The number of amides is 1. The molecule has 0 radical (unpaired) electrons. The van der Waals surface area contributed by atoms with E-state index in [-0.39, 0.29) is 5.91 Å². The number of aromatic nitrogens is 1. The number of para-hydroxylation sites is 1. The molecule has 0 aliphatic rings. The number of nitrogens with one attached hydrogen (secondary N) is 1. The largest absolute Gasteiger partial charge is 0.320 e. The molecule has 98 valence electrons. The highest BCUT2D eigenvalue weighted by molar-refractivity contribution is 5.90. The van der Waals surface area contributed by atoms with Gasteiger partial charge in [-0.15, -0.1) is 0 Å². The number of carbonyl (C=O) groups is 1. The van der Waals surface area contributed by atoms with Crippen molar-refractivity contribution in [2.75, 3.05) is 5.32 Å². The number of pyridine rings is 1. The minimum absolute atomic E-state index is 0.0106. The van der Waals surface area contributed by atoms with Crippen molar-refractivity contribution in [3.05, 3.63) is 59.9 Å². The summed E-state index contributed by atoms with van der Waals surface area (Å²) in [6.07, 6.45) is 4.89. The van der Waals surface area contributed by atoms with Gasteiger partial charge in [0.1, 0.15) is 0 Å². The fourth-order valence-corrected chi connectivity index (χ4v) is 1.90. The van der Waals surface area contributed by atoms with E-state index in [0.29, 0.717) is 6.54 Å². The van der Waals surface area contributed by atoms with Gasteiger partial charge in [-0.1, -0.05) is 25.1 Å². The Hall–Kier alpha value is -2.16. The Bertz CT molecular complexity index is 561. The Morgan fingerprint density at radius 1 is 1.16 bits per heavy atom. The van der Waals surface area contributed by atoms with Gasteiger partial charge in [0.05, 0.1) is 0 Å². The van der Waals surface area contributed by atoms with E-state index in [9.17, 15) is 4.79 Å². The molecule has 1 heterocycles. The summed E-state index contributed by atoms with van der Waals surface area (Å²) in [6.45, 7) is 4.43. The van der Waals surface area contributed by atoms with Crippen molar-refractivity contribution in [1.29, 1.82) is 0 Å². The van der Waals surface area contributed by atoms with Crippen LogP contribution < -0.4 is 9.88 Å². The molecule has 0 unspecified atom stereocenters. The topological polar surface area (TPSA) is 33.0 Å². The summed E-state index contributed by atoms with van der Waals surface area (Å²) in [6, 6.07) is 11.9. The Morgan fingerprint density at radius 2 is 1.84 bits per heavy atom. The number of hydrogen-bond donors (Lipinski definition) is 1. The van der Waals surface area contributed by atoms with Crippen LogP contribution in [0.5, 0.6) is 0 Å². The van der Waals surface area contributed by atoms with Gasteiger partial charge in [0.2, 0.25) is 6.54 Å². The second-order valence-electron chi connectivity index (χ2n) is 4.60. The minimum Gasteiger partial charge on any atom is -0.320 e. The highest BCUT2D eigenvalue weighted by Crippen LogP contribution is 2.12. The number of hydrogen-bond acceptors (Lipinski definition) is 1. The molecule has 3 nitrogen and oxygen atoms in total. The van der Waals surface area contributed by atoms with E-state index in [1.165, 1.54) is 5.56 Å². The average Bonchev–Trinajstić information content (AvgIpc) is 2.42. The molecular formula is C16H19N2O+. The lowest BCUT2D eigenvalue weighted by molar-refractivity contribution is -0.684. The fourth-order valence-electron chi connectivity index (χ4n) is 1.90. The summed E-state index contributed by atoms with van der Waals surface area (Å²) in [4.78, 5) is 12.0. The molecule has 0 atom stereocenters. The third kappa shape index (κ3) is 3.65. The highest BCUT2D eigenvalue weighted by atomic mass is 16.1. The number of benzene rings is 1. The summed E-state index contributed by atoms with van der Waals surface area (Å²) >= 11 is 0. The van der Waals surface area contributed by atoms with Crippen molar-refractivity contribution in [1.82, 2.24) is 0 Å². The van der Waals surface area contributed by atoms with Crippen LogP contribution in [0.4, 0.5) is 5.69 Å². The number of anilines is 1. The van der Waals surface area contributed by atoms with Crippen LogP contribution in [0.1, 0.15) is 18.1 Å². The van der Waals surface area contributed by atoms with Crippen molar-refractivity contribution >= 4 is 11.6 Å². The van der Waals surface area contributed by atoms with Crippen LogP contribution in [-0.2, 0) is 17.8 Å². The van der Waals surface area contributed by atoms with Crippen molar-refractivity contribution in [2.45, 2.75) is 26.8 Å². The van der Waals surface area contributed by atoms with Crippen LogP contribution >= 0.6 is 0 Å². The van der Waals surface area contributed by atoms with Gasteiger partial charge in [-0.2, -0.15) is 4.57 Å². The summed E-state index contributed by atoms with van der Waals surface area (Å²) in [5.74, 6) is -0.0106. The number of aryl methyl sites for hydroxylation is 2. The lowest BCUT2D eigenvalue weighted by atomic mass is 10.2. The molecule has 19 heavy (non-hydrogen) atoms. The molecule has 2 rings (SSSR count). The zero-order valence-electron chi connectivity index (χ0n) is 11.4. The second-order valence-corrected chi connectivity index (χ2v) is 4.60. The van der Waals surface area contributed by atoms with Gasteiger partial charge in [-0.25, -0.2) is 0 Å². The molecule has 2 aromatic rings. The molecule has 0 fully saturated rings. The standard InChI is InChI=1S/C16H18N2O/c1-3-14-8-10-18(11-9-14)12-16(19)17-15-7-5-4-6-13(15)2/h4-11H,3,12H2,1-2H3/p+1. The summed E-state index contributed by atoms with van der Waals surface area (Å²) < 4.78 is 1.88. The van der Waals surface area contributed by atoms with Crippen molar-refractivity contribution in [3.63, 3.8) is 0 Å². The Labute approximate surface area is 113 Å². The molecular weight excluding hydrogens is 236 g/mol. The summed E-state index contributed by atoms with van der Waals surface area (Å²) in [7, 11) is 0. The van der Waals surface area contributed by atoms with Gasteiger partial charge in [-0.3, -0.25) is 4.79 Å². The van der Waals surface area contributed by atoms with E-state index in [1.54, 1.807) is 0 Å². The van der Waals surface area contributed by atoms with Gasteiger partial charge in [0, 0.05) is 17.8 Å². The molecule has 3 heteroatoms. The first-order chi connectivity index (χ1) is 9.19. The van der Waals surface area contributed by atoms with E-state index in [4.69, 9.17) is 0 Å². The quantitative estimate of drug-likeness (QED) is 0.837. The minimum atomic E-state index is -0.0106. The van der Waals surface area contributed by atoms with Gasteiger partial charge >= 0.3 is 0 Å². The number of rotatable bonds is 4. The average molecular weight is 255 g/mol. The maximum absolute atomic E-state index is 12.0. The first-order valence-electron chi connectivity index (χ1n) is 6.52. The zero-order chi connectivity index (χ0) is 13.7. The van der Waals surface area contributed by atoms with Gasteiger partial charge in [-0.05, 0) is 30.5 Å². The predicted molar refractivity (Wildman–Crippen MR) is 75.8 cm³/mol. The third-order valence-corrected chi connectivity index (χ3v) is 3.11. The second kappa shape index (κ2) is 6.14. The smallest absolute Gasteiger partial charge is 0.290 e. The van der Waals surface area contributed by atoms with Crippen LogP contribution in [0.2, 0.25) is 0 Å². The lowest BCUT2D eigenvalue weighted by Gasteiger charge is -2.06. The molecule has 0 aliphatic heterocycles. The molecule has 0 aliphatic carbocycles. The highest BCUT2D eigenvalue weighted by Gasteiger charge is 2.10. The first kappa shape index (κ1) is 13.3. The molecule has 1 aromatic carbocycles. The molecule has 0 saturated carbocycles. The van der Waals surface area contributed by atoms with E-state index in [0.717, 1.165) is 17.7 Å². The monoisotopic (exact) mass is 255 g/mol. The van der Waals surface area contributed by atoms with Crippen LogP contribution in [0.3, 0.4) is 0 Å². The predicted octanol–water partition coefficient (Wildman–Crippen LogP) is 2.48. The van der Waals surface area contributed by atoms with Crippen LogP contribution in [0.25, 0.3) is 0 Å². The maximum atomic E-state index is 12.0. The lowest BCUT2D eigenvalue weighted by Crippen LogP contribution is -2.39. The molecule has 0 bridgehead atoms. The molecule has 1 N–H and O–H groups in total. The Morgan fingerprint density at radius 3 is 2.47 bits per heavy atom. The van der Waals surface area contributed by atoms with Crippen LogP contribution in [-0.4, -0.2) is 5.91 Å². The van der Waals surface area contributed by atoms with Gasteiger partial charge < -0.3 is 5.32 Å². The third-order valence-electron chi connectivity index (χ3n) is 3.11. The van der Waals surface area contributed by atoms with E-state index in [1.807, 2.05) is 60.3 Å². The number of nitrogens with zero attached hydrogens (tertiary/aromatic N) is 1. The summed E-state index contributed by atoms with van der Waals surface area (Å²) in [5, 5.41) is 2.93. The SMILES string of the molecule is CCc1cc[n+](CC(=O)Nc2ccccc2C)cc1. The maximum Gasteiger partial charge on any atom is 0.290 e. The molecule has 1 amide bonds. The Balaban J connectivity index is 1.99.